The van der Waals surface area contributed by atoms with Crippen molar-refractivity contribution < 1.29 is 9.53 Å². The molecule has 1 amide bonds. The highest BCUT2D eigenvalue weighted by Gasteiger charge is 2.38. The molecule has 0 aromatic carbocycles. The molecule has 2 rings (SSSR count). The van der Waals surface area contributed by atoms with Gasteiger partial charge in [-0.3, -0.25) is 0 Å². The molecule has 0 aliphatic heterocycles. The van der Waals surface area contributed by atoms with Crippen molar-refractivity contribution in [2.24, 2.45) is 5.92 Å². The predicted molar refractivity (Wildman–Crippen MR) is 91.3 cm³/mol. The molecule has 2 N–H and O–H groups in total. The van der Waals surface area contributed by atoms with Gasteiger partial charge in [0.2, 0.25) is 0 Å². The molecule has 2 atom stereocenters. The maximum Gasteiger partial charge on any atom is 0.407 e. The Morgan fingerprint density at radius 2 is 2.26 bits per heavy atom. The lowest BCUT2D eigenvalue weighted by Crippen LogP contribution is -2.59. The SMILES string of the molecule is CC1CCCCC1(CNC(=O)OC(C)(C)C)NCc1csnn1. The summed E-state index contributed by atoms with van der Waals surface area (Å²) >= 11 is 1.36. The first-order chi connectivity index (χ1) is 10.8. The molecule has 1 aliphatic rings. The van der Waals surface area contributed by atoms with Crippen molar-refractivity contribution in [3.05, 3.63) is 11.1 Å². The maximum atomic E-state index is 12.0. The van der Waals surface area contributed by atoms with Crippen LogP contribution in [0.2, 0.25) is 0 Å². The minimum absolute atomic E-state index is 0.112. The summed E-state index contributed by atoms with van der Waals surface area (Å²) in [5, 5.41) is 12.6. The van der Waals surface area contributed by atoms with Crippen LogP contribution in [0, 0.1) is 5.92 Å². The number of alkyl carbamates (subject to hydrolysis) is 1. The number of carbonyl (C=O) groups is 1. The first kappa shape index (κ1) is 18.1. The number of carbonyl (C=O) groups excluding carboxylic acids is 1. The van der Waals surface area contributed by atoms with Gasteiger partial charge in [0, 0.05) is 24.0 Å². The fourth-order valence-corrected chi connectivity index (χ4v) is 3.52. The normalized spacial score (nSPS) is 25.1. The standard InChI is InChI=1S/C16H28N4O2S/c1-12-7-5-6-8-16(12,18-9-13-10-23-20-19-13)11-17-14(21)22-15(2,3)4/h10,12,18H,5-9,11H2,1-4H3,(H,17,21). The zero-order valence-corrected chi connectivity index (χ0v) is 15.3. The van der Waals surface area contributed by atoms with E-state index in [1.54, 1.807) is 0 Å². The quantitative estimate of drug-likeness (QED) is 0.861. The molecule has 1 saturated carbocycles. The molecule has 1 aromatic heterocycles. The van der Waals surface area contributed by atoms with E-state index in [0.29, 0.717) is 19.0 Å². The van der Waals surface area contributed by atoms with Crippen LogP contribution in [-0.4, -0.2) is 33.4 Å². The summed E-state index contributed by atoms with van der Waals surface area (Å²) in [4.78, 5) is 12.0. The van der Waals surface area contributed by atoms with Crippen LogP contribution in [0.15, 0.2) is 5.38 Å². The molecular formula is C16H28N4O2S. The van der Waals surface area contributed by atoms with E-state index in [0.717, 1.165) is 18.5 Å². The van der Waals surface area contributed by atoms with Crippen molar-refractivity contribution in [1.82, 2.24) is 20.2 Å². The zero-order valence-electron chi connectivity index (χ0n) is 14.5. The lowest BCUT2D eigenvalue weighted by molar-refractivity contribution is 0.0479. The van der Waals surface area contributed by atoms with Crippen LogP contribution in [0.3, 0.4) is 0 Å². The van der Waals surface area contributed by atoms with Crippen molar-refractivity contribution in [1.29, 1.82) is 0 Å². The van der Waals surface area contributed by atoms with Gasteiger partial charge in [0.05, 0.1) is 5.69 Å². The molecule has 2 unspecified atom stereocenters. The Labute approximate surface area is 142 Å². The van der Waals surface area contributed by atoms with Gasteiger partial charge in [-0.15, -0.1) is 5.10 Å². The summed E-state index contributed by atoms with van der Waals surface area (Å²) in [6.07, 6.45) is 4.27. The summed E-state index contributed by atoms with van der Waals surface area (Å²) < 4.78 is 9.27. The summed E-state index contributed by atoms with van der Waals surface area (Å²) in [7, 11) is 0. The Morgan fingerprint density at radius 3 is 2.87 bits per heavy atom. The molecule has 1 heterocycles. The molecule has 1 aromatic rings. The number of rotatable bonds is 5. The van der Waals surface area contributed by atoms with Gasteiger partial charge in [-0.1, -0.05) is 24.3 Å². The number of ether oxygens (including phenoxy) is 1. The third-order valence-corrected chi connectivity index (χ3v) is 4.98. The highest BCUT2D eigenvalue weighted by atomic mass is 32.1. The number of nitrogens with zero attached hydrogens (tertiary/aromatic N) is 2. The van der Waals surface area contributed by atoms with Gasteiger partial charge in [-0.05, 0) is 51.1 Å². The van der Waals surface area contributed by atoms with Gasteiger partial charge in [-0.2, -0.15) is 0 Å². The van der Waals surface area contributed by atoms with E-state index in [4.69, 9.17) is 4.74 Å². The van der Waals surface area contributed by atoms with Crippen molar-refractivity contribution in [2.45, 2.75) is 71.1 Å². The Bertz CT molecular complexity index is 501. The zero-order chi connectivity index (χ0) is 16.9. The van der Waals surface area contributed by atoms with Crippen molar-refractivity contribution >= 4 is 17.6 Å². The van der Waals surface area contributed by atoms with Crippen LogP contribution < -0.4 is 10.6 Å². The highest BCUT2D eigenvalue weighted by Crippen LogP contribution is 2.33. The monoisotopic (exact) mass is 340 g/mol. The van der Waals surface area contributed by atoms with Crippen LogP contribution in [0.5, 0.6) is 0 Å². The van der Waals surface area contributed by atoms with Gasteiger partial charge in [0.1, 0.15) is 5.60 Å². The van der Waals surface area contributed by atoms with E-state index in [9.17, 15) is 4.79 Å². The molecule has 0 saturated heterocycles. The molecule has 23 heavy (non-hydrogen) atoms. The van der Waals surface area contributed by atoms with Crippen molar-refractivity contribution in [3.63, 3.8) is 0 Å². The molecule has 130 valence electrons. The molecule has 0 bridgehead atoms. The largest absolute Gasteiger partial charge is 0.444 e. The van der Waals surface area contributed by atoms with Crippen molar-refractivity contribution in [2.75, 3.05) is 6.54 Å². The Morgan fingerprint density at radius 1 is 1.48 bits per heavy atom. The van der Waals surface area contributed by atoms with E-state index in [1.807, 2.05) is 26.2 Å². The molecule has 0 radical (unpaired) electrons. The first-order valence-electron chi connectivity index (χ1n) is 8.28. The van der Waals surface area contributed by atoms with Gasteiger partial charge in [0.15, 0.2) is 0 Å². The molecule has 0 spiro atoms. The first-order valence-corrected chi connectivity index (χ1v) is 9.12. The lowest BCUT2D eigenvalue weighted by Gasteiger charge is -2.43. The third kappa shape index (κ3) is 5.42. The number of hydrogen-bond acceptors (Lipinski definition) is 6. The fraction of sp³-hybridized carbons (Fsp3) is 0.812. The number of nitrogens with one attached hydrogen (secondary N) is 2. The number of aromatic nitrogens is 2. The number of amides is 1. The highest BCUT2D eigenvalue weighted by molar-refractivity contribution is 7.03. The van der Waals surface area contributed by atoms with E-state index < -0.39 is 5.60 Å². The second-order valence-corrected chi connectivity index (χ2v) is 8.02. The summed E-state index contributed by atoms with van der Waals surface area (Å²) in [6, 6.07) is 0. The average molecular weight is 340 g/mol. The van der Waals surface area contributed by atoms with E-state index in [1.165, 1.54) is 24.4 Å². The van der Waals surface area contributed by atoms with Crippen LogP contribution in [0.25, 0.3) is 0 Å². The summed E-state index contributed by atoms with van der Waals surface area (Å²) in [6.45, 7) is 9.12. The minimum Gasteiger partial charge on any atom is -0.444 e. The smallest absolute Gasteiger partial charge is 0.407 e. The van der Waals surface area contributed by atoms with Crippen molar-refractivity contribution in [3.8, 4) is 0 Å². The molecule has 6 nitrogen and oxygen atoms in total. The Balaban J connectivity index is 1.97. The fourth-order valence-electron chi connectivity index (χ4n) is 3.07. The lowest BCUT2D eigenvalue weighted by atomic mass is 9.73. The maximum absolute atomic E-state index is 12.0. The topological polar surface area (TPSA) is 76.1 Å². The van der Waals surface area contributed by atoms with Gasteiger partial charge >= 0.3 is 6.09 Å². The molecule has 1 aliphatic carbocycles. The molecular weight excluding hydrogens is 312 g/mol. The average Bonchev–Trinajstić information content (AvgIpc) is 2.97. The summed E-state index contributed by atoms with van der Waals surface area (Å²) in [5.41, 5.74) is 0.359. The van der Waals surface area contributed by atoms with Crippen LogP contribution in [0.4, 0.5) is 4.79 Å². The van der Waals surface area contributed by atoms with Crippen LogP contribution in [-0.2, 0) is 11.3 Å². The van der Waals surface area contributed by atoms with Gasteiger partial charge < -0.3 is 15.4 Å². The minimum atomic E-state index is -0.477. The van der Waals surface area contributed by atoms with Crippen LogP contribution >= 0.6 is 11.5 Å². The second kappa shape index (κ2) is 7.57. The summed E-state index contributed by atoms with van der Waals surface area (Å²) in [5.74, 6) is 0.484. The van der Waals surface area contributed by atoms with Crippen LogP contribution in [0.1, 0.15) is 59.1 Å². The van der Waals surface area contributed by atoms with E-state index in [2.05, 4.69) is 27.1 Å². The Kier molecular flexibility index (Phi) is 5.97. The Hall–Kier alpha value is -1.21. The predicted octanol–water partition coefficient (Wildman–Crippen LogP) is 3.10. The van der Waals surface area contributed by atoms with Gasteiger partial charge in [0.25, 0.3) is 0 Å². The number of hydrogen-bond donors (Lipinski definition) is 2. The third-order valence-electron chi connectivity index (χ3n) is 4.43. The van der Waals surface area contributed by atoms with E-state index in [-0.39, 0.29) is 11.6 Å². The second-order valence-electron chi connectivity index (χ2n) is 7.41. The van der Waals surface area contributed by atoms with E-state index >= 15 is 0 Å². The molecule has 7 heteroatoms. The van der Waals surface area contributed by atoms with Gasteiger partial charge in [-0.25, -0.2) is 4.79 Å². The molecule has 1 fully saturated rings.